The lowest BCUT2D eigenvalue weighted by Gasteiger charge is -2.10. The fraction of sp³-hybridized carbons (Fsp3) is 0.500. The highest BCUT2D eigenvalue weighted by Gasteiger charge is 2.24. The number of rotatable bonds is 5. The number of fused-ring (bicyclic) bond motifs is 1. The van der Waals surface area contributed by atoms with Gasteiger partial charge >= 0.3 is 0 Å². The number of carbonyl (C=O) groups is 1. The molecule has 0 saturated heterocycles. The van der Waals surface area contributed by atoms with Crippen molar-refractivity contribution in [1.82, 2.24) is 20.3 Å². The second-order valence-corrected chi connectivity index (χ2v) is 5.19. The largest absolute Gasteiger partial charge is 0.307 e. The van der Waals surface area contributed by atoms with Crippen LogP contribution in [0, 0.1) is 5.92 Å². The van der Waals surface area contributed by atoms with Crippen molar-refractivity contribution in [2.45, 2.75) is 31.8 Å². The Hall–Kier alpha value is -1.75. The predicted molar refractivity (Wildman–Crippen MR) is 72.7 cm³/mol. The fourth-order valence-corrected chi connectivity index (χ4v) is 2.86. The highest BCUT2D eigenvalue weighted by molar-refractivity contribution is 5.72. The lowest BCUT2D eigenvalue weighted by molar-refractivity contribution is -0.107. The Labute approximate surface area is 112 Å². The number of nitrogens with one attached hydrogen (secondary N) is 1. The maximum Gasteiger partial charge on any atom is 0.133 e. The molecule has 1 aromatic heterocycles. The smallest absolute Gasteiger partial charge is 0.133 e. The van der Waals surface area contributed by atoms with E-state index in [9.17, 15) is 4.79 Å². The van der Waals surface area contributed by atoms with Crippen LogP contribution >= 0.6 is 0 Å². The van der Waals surface area contributed by atoms with Gasteiger partial charge in [0.1, 0.15) is 17.3 Å². The maximum absolute atomic E-state index is 10.3. The Morgan fingerprint density at radius 3 is 2.68 bits per heavy atom. The van der Waals surface area contributed by atoms with Crippen molar-refractivity contribution in [2.24, 2.45) is 5.92 Å². The normalized spacial score (nSPS) is 22.9. The number of hydrogen-bond acceptors (Lipinski definition) is 4. The van der Waals surface area contributed by atoms with Crippen molar-refractivity contribution in [3.05, 3.63) is 24.3 Å². The molecule has 0 bridgehead atoms. The molecule has 1 aliphatic carbocycles. The van der Waals surface area contributed by atoms with E-state index in [-0.39, 0.29) is 0 Å². The molecule has 100 valence electrons. The molecule has 1 fully saturated rings. The molecule has 1 aliphatic rings. The first-order chi connectivity index (χ1) is 9.35. The molecule has 1 heterocycles. The van der Waals surface area contributed by atoms with Crippen LogP contribution in [-0.2, 0) is 11.3 Å². The van der Waals surface area contributed by atoms with Crippen molar-refractivity contribution in [3.8, 4) is 0 Å². The van der Waals surface area contributed by atoms with E-state index in [0.29, 0.717) is 18.5 Å². The van der Waals surface area contributed by atoms with Gasteiger partial charge in [-0.3, -0.25) is 0 Å². The van der Waals surface area contributed by atoms with E-state index in [2.05, 4.69) is 15.5 Å². The monoisotopic (exact) mass is 258 g/mol. The molecule has 3 rings (SSSR count). The minimum absolute atomic E-state index is 0.460. The van der Waals surface area contributed by atoms with Crippen molar-refractivity contribution in [1.29, 1.82) is 0 Å². The summed E-state index contributed by atoms with van der Waals surface area (Å²) in [5.41, 5.74) is 1.91. The van der Waals surface area contributed by atoms with Crippen LogP contribution in [0.4, 0.5) is 0 Å². The summed E-state index contributed by atoms with van der Waals surface area (Å²) in [4.78, 5) is 12.2. The summed E-state index contributed by atoms with van der Waals surface area (Å²) in [5, 5.41) is 12.2. The van der Waals surface area contributed by atoms with E-state index in [1.165, 1.54) is 6.42 Å². The highest BCUT2D eigenvalue weighted by atomic mass is 16.1. The molecule has 0 spiro atoms. The molecule has 5 nitrogen and oxygen atoms in total. The second kappa shape index (κ2) is 5.48. The number of aromatic nitrogens is 3. The standard InChI is InChI=1S/C14H18N4O/c19-8-7-15-12-6-5-11(9-12)10-18-16-13-3-1-2-4-14(13)17-18/h1-4,8,11-12,15H,5-7,9-10H2/t11-,12+/m0/s1. The number of benzene rings is 1. The van der Waals surface area contributed by atoms with Gasteiger partial charge in [0.05, 0.1) is 13.1 Å². The summed E-state index contributed by atoms with van der Waals surface area (Å²) in [6.45, 7) is 1.33. The van der Waals surface area contributed by atoms with Crippen molar-refractivity contribution in [2.75, 3.05) is 6.54 Å². The zero-order chi connectivity index (χ0) is 13.1. The van der Waals surface area contributed by atoms with E-state index >= 15 is 0 Å². The zero-order valence-corrected chi connectivity index (χ0v) is 10.8. The third-order valence-electron chi connectivity index (χ3n) is 3.78. The molecule has 5 heteroatoms. The first-order valence-corrected chi connectivity index (χ1v) is 6.82. The van der Waals surface area contributed by atoms with E-state index in [4.69, 9.17) is 0 Å². The summed E-state index contributed by atoms with van der Waals surface area (Å²) in [7, 11) is 0. The van der Waals surface area contributed by atoms with Gasteiger partial charge in [-0.05, 0) is 37.3 Å². The minimum Gasteiger partial charge on any atom is -0.307 e. The molecule has 1 aromatic carbocycles. The van der Waals surface area contributed by atoms with Crippen LogP contribution in [0.2, 0.25) is 0 Å². The van der Waals surface area contributed by atoms with Crippen LogP contribution in [-0.4, -0.2) is 33.9 Å². The number of carbonyl (C=O) groups excluding carboxylic acids is 1. The second-order valence-electron chi connectivity index (χ2n) is 5.19. The molecule has 0 radical (unpaired) electrons. The summed E-state index contributed by atoms with van der Waals surface area (Å²) in [5.74, 6) is 0.603. The average Bonchev–Trinajstić information content (AvgIpc) is 3.02. The van der Waals surface area contributed by atoms with Gasteiger partial charge in [0.2, 0.25) is 0 Å². The molecule has 19 heavy (non-hydrogen) atoms. The van der Waals surface area contributed by atoms with Gasteiger partial charge in [-0.25, -0.2) is 0 Å². The van der Waals surface area contributed by atoms with Gasteiger partial charge < -0.3 is 10.1 Å². The Morgan fingerprint density at radius 2 is 2.00 bits per heavy atom. The highest BCUT2D eigenvalue weighted by Crippen LogP contribution is 2.26. The van der Waals surface area contributed by atoms with Gasteiger partial charge in [0.15, 0.2) is 0 Å². The van der Waals surface area contributed by atoms with E-state index in [1.807, 2.05) is 29.1 Å². The Balaban J connectivity index is 1.61. The summed E-state index contributed by atoms with van der Waals surface area (Å²) < 4.78 is 0. The number of hydrogen-bond donors (Lipinski definition) is 1. The summed E-state index contributed by atoms with van der Waals surface area (Å²) in [6.07, 6.45) is 4.34. The third-order valence-corrected chi connectivity index (χ3v) is 3.78. The van der Waals surface area contributed by atoms with Crippen LogP contribution in [0.1, 0.15) is 19.3 Å². The zero-order valence-electron chi connectivity index (χ0n) is 10.8. The Bertz CT molecular complexity index is 532. The lowest BCUT2D eigenvalue weighted by atomic mass is 10.1. The minimum atomic E-state index is 0.460. The summed E-state index contributed by atoms with van der Waals surface area (Å²) >= 11 is 0. The Kier molecular flexibility index (Phi) is 3.55. The fourth-order valence-electron chi connectivity index (χ4n) is 2.86. The molecule has 2 aromatic rings. The van der Waals surface area contributed by atoms with Crippen LogP contribution in [0.25, 0.3) is 11.0 Å². The van der Waals surface area contributed by atoms with Gasteiger partial charge in [0, 0.05) is 6.04 Å². The van der Waals surface area contributed by atoms with E-state index in [0.717, 1.165) is 36.7 Å². The van der Waals surface area contributed by atoms with E-state index in [1.54, 1.807) is 0 Å². The van der Waals surface area contributed by atoms with Gasteiger partial charge in [-0.1, -0.05) is 12.1 Å². The molecule has 2 atom stereocenters. The van der Waals surface area contributed by atoms with Gasteiger partial charge in [0.25, 0.3) is 0 Å². The van der Waals surface area contributed by atoms with Crippen LogP contribution < -0.4 is 5.32 Å². The molecule has 0 unspecified atom stereocenters. The first-order valence-electron chi connectivity index (χ1n) is 6.82. The van der Waals surface area contributed by atoms with Gasteiger partial charge in [-0.15, -0.1) is 0 Å². The topological polar surface area (TPSA) is 59.8 Å². The van der Waals surface area contributed by atoms with Crippen LogP contribution in [0.15, 0.2) is 24.3 Å². The van der Waals surface area contributed by atoms with E-state index < -0.39 is 0 Å². The van der Waals surface area contributed by atoms with Crippen LogP contribution in [0.3, 0.4) is 0 Å². The van der Waals surface area contributed by atoms with Crippen molar-refractivity contribution < 1.29 is 4.79 Å². The summed E-state index contributed by atoms with van der Waals surface area (Å²) in [6, 6.07) is 8.41. The van der Waals surface area contributed by atoms with Gasteiger partial charge in [-0.2, -0.15) is 15.0 Å². The first kappa shape index (κ1) is 12.3. The SMILES string of the molecule is O=CCN[C@@H]1CC[C@H](Cn2nc3ccccc3n2)C1. The van der Waals surface area contributed by atoms with Crippen molar-refractivity contribution >= 4 is 17.3 Å². The van der Waals surface area contributed by atoms with Crippen molar-refractivity contribution in [3.63, 3.8) is 0 Å². The third kappa shape index (κ3) is 2.81. The number of aldehydes is 1. The number of nitrogens with zero attached hydrogens (tertiary/aromatic N) is 3. The lowest BCUT2D eigenvalue weighted by Crippen LogP contribution is -2.28. The Morgan fingerprint density at radius 1 is 1.26 bits per heavy atom. The molecular formula is C14H18N4O. The molecule has 1 saturated carbocycles. The molecule has 0 amide bonds. The maximum atomic E-state index is 10.3. The van der Waals surface area contributed by atoms with Crippen LogP contribution in [0.5, 0.6) is 0 Å². The molecule has 1 N–H and O–H groups in total. The molecular weight excluding hydrogens is 240 g/mol. The average molecular weight is 258 g/mol. The quantitative estimate of drug-likeness (QED) is 0.823. The molecule has 0 aliphatic heterocycles. The predicted octanol–water partition coefficient (Wildman–Crippen LogP) is 1.39.